The van der Waals surface area contributed by atoms with E-state index in [-0.39, 0.29) is 23.4 Å². The summed E-state index contributed by atoms with van der Waals surface area (Å²) >= 11 is 0. The highest BCUT2D eigenvalue weighted by Crippen LogP contribution is 2.19. The third-order valence-corrected chi connectivity index (χ3v) is 2.75. The molecule has 20 heavy (non-hydrogen) atoms. The molecule has 5 nitrogen and oxygen atoms in total. The Kier molecular flexibility index (Phi) is 4.14. The first-order chi connectivity index (χ1) is 9.54. The highest BCUT2D eigenvalue weighted by molar-refractivity contribution is 5.93. The van der Waals surface area contributed by atoms with Crippen LogP contribution in [0, 0.1) is 5.82 Å². The third-order valence-electron chi connectivity index (χ3n) is 2.75. The second-order valence-corrected chi connectivity index (χ2v) is 4.30. The quantitative estimate of drug-likeness (QED) is 0.832. The number of hydrogen-bond donors (Lipinski definition) is 2. The zero-order valence-corrected chi connectivity index (χ0v) is 10.7. The topological polar surface area (TPSA) is 77.1 Å². The summed E-state index contributed by atoms with van der Waals surface area (Å²) in [6, 6.07) is 6.65. The first kappa shape index (κ1) is 13.8. The summed E-state index contributed by atoms with van der Waals surface area (Å²) in [6.07, 6.45) is 3.45. The van der Waals surface area contributed by atoms with Crippen LogP contribution in [0.3, 0.4) is 0 Å². The Labute approximate surface area is 114 Å². The number of aryl methyl sites for hydroxylation is 1. The van der Waals surface area contributed by atoms with E-state index in [2.05, 4.69) is 5.32 Å². The van der Waals surface area contributed by atoms with Crippen LogP contribution in [0.25, 0.3) is 0 Å². The van der Waals surface area contributed by atoms with Gasteiger partial charge in [0.15, 0.2) is 5.43 Å². The van der Waals surface area contributed by atoms with Crippen LogP contribution >= 0.6 is 0 Å². The fourth-order valence-electron chi connectivity index (χ4n) is 1.68. The summed E-state index contributed by atoms with van der Waals surface area (Å²) in [5.41, 5.74) is 6.09. The van der Waals surface area contributed by atoms with E-state index in [0.717, 1.165) is 6.07 Å². The lowest BCUT2D eigenvalue weighted by Gasteiger charge is -2.09. The van der Waals surface area contributed by atoms with E-state index in [9.17, 15) is 14.0 Å². The standard InChI is InChI=1S/C14H14FN3O2/c15-10-1-2-13(12(16)9-10)17-14(20)5-8-18-6-3-11(19)4-7-18/h1-4,6-7,9H,5,8,16H2,(H,17,20). The van der Waals surface area contributed by atoms with Crippen LogP contribution in [-0.4, -0.2) is 10.5 Å². The Morgan fingerprint density at radius 2 is 1.95 bits per heavy atom. The van der Waals surface area contributed by atoms with Crippen LogP contribution in [-0.2, 0) is 11.3 Å². The molecule has 2 aromatic rings. The Bertz CT molecular complexity index is 662. The molecule has 0 aliphatic carbocycles. The molecule has 104 valence electrons. The second kappa shape index (κ2) is 6.01. The van der Waals surface area contributed by atoms with Gasteiger partial charge in [-0.3, -0.25) is 9.59 Å². The summed E-state index contributed by atoms with van der Waals surface area (Å²) < 4.78 is 14.6. The number of rotatable bonds is 4. The van der Waals surface area contributed by atoms with E-state index in [4.69, 9.17) is 5.73 Å². The zero-order chi connectivity index (χ0) is 14.5. The van der Waals surface area contributed by atoms with E-state index in [1.165, 1.54) is 24.3 Å². The smallest absolute Gasteiger partial charge is 0.226 e. The average molecular weight is 275 g/mol. The predicted octanol–water partition coefficient (Wildman–Crippen LogP) is 1.60. The molecule has 0 aliphatic heterocycles. The van der Waals surface area contributed by atoms with Gasteiger partial charge in [-0.25, -0.2) is 4.39 Å². The lowest BCUT2D eigenvalue weighted by molar-refractivity contribution is -0.116. The largest absolute Gasteiger partial charge is 0.397 e. The molecule has 6 heteroatoms. The number of anilines is 2. The van der Waals surface area contributed by atoms with E-state index in [0.29, 0.717) is 12.2 Å². The normalized spacial score (nSPS) is 10.2. The van der Waals surface area contributed by atoms with Gasteiger partial charge in [0, 0.05) is 37.5 Å². The molecule has 0 aliphatic rings. The number of benzene rings is 1. The molecule has 3 N–H and O–H groups in total. The minimum absolute atomic E-state index is 0.0789. The lowest BCUT2D eigenvalue weighted by Crippen LogP contribution is -2.16. The molecule has 0 bridgehead atoms. The van der Waals surface area contributed by atoms with Crippen LogP contribution in [0.1, 0.15) is 6.42 Å². The maximum absolute atomic E-state index is 12.9. The number of carbonyl (C=O) groups excluding carboxylic acids is 1. The lowest BCUT2D eigenvalue weighted by atomic mass is 10.2. The monoisotopic (exact) mass is 275 g/mol. The first-order valence-corrected chi connectivity index (χ1v) is 6.05. The van der Waals surface area contributed by atoms with E-state index in [1.54, 1.807) is 17.0 Å². The molecule has 0 unspecified atom stereocenters. The predicted molar refractivity (Wildman–Crippen MR) is 74.8 cm³/mol. The third kappa shape index (κ3) is 3.68. The van der Waals surface area contributed by atoms with E-state index >= 15 is 0 Å². The summed E-state index contributed by atoms with van der Waals surface area (Å²) in [7, 11) is 0. The van der Waals surface area contributed by atoms with Crippen LogP contribution in [0.15, 0.2) is 47.5 Å². The molecule has 0 spiro atoms. The van der Waals surface area contributed by atoms with Gasteiger partial charge in [-0.2, -0.15) is 0 Å². The molecule has 0 radical (unpaired) electrons. The number of nitrogens with one attached hydrogen (secondary N) is 1. The SMILES string of the molecule is Nc1cc(F)ccc1NC(=O)CCn1ccc(=O)cc1. The number of amides is 1. The number of nitrogens with two attached hydrogens (primary N) is 1. The van der Waals surface area contributed by atoms with Crippen molar-refractivity contribution in [2.75, 3.05) is 11.1 Å². The van der Waals surface area contributed by atoms with Crippen molar-refractivity contribution in [1.82, 2.24) is 4.57 Å². The van der Waals surface area contributed by atoms with Crippen molar-refractivity contribution in [3.8, 4) is 0 Å². The number of nitrogens with zero attached hydrogens (tertiary/aromatic N) is 1. The number of halogens is 1. The maximum Gasteiger partial charge on any atom is 0.226 e. The fourth-order valence-corrected chi connectivity index (χ4v) is 1.68. The fraction of sp³-hybridized carbons (Fsp3) is 0.143. The van der Waals surface area contributed by atoms with Crippen molar-refractivity contribution in [3.05, 3.63) is 58.8 Å². The molecular weight excluding hydrogens is 261 g/mol. The van der Waals surface area contributed by atoms with Crippen LogP contribution in [0.2, 0.25) is 0 Å². The van der Waals surface area contributed by atoms with Gasteiger partial charge in [0.25, 0.3) is 0 Å². The molecule has 1 amide bonds. The van der Waals surface area contributed by atoms with E-state index in [1.807, 2.05) is 0 Å². The van der Waals surface area contributed by atoms with Gasteiger partial charge < -0.3 is 15.6 Å². The van der Waals surface area contributed by atoms with Crippen molar-refractivity contribution in [1.29, 1.82) is 0 Å². The van der Waals surface area contributed by atoms with Crippen molar-refractivity contribution >= 4 is 17.3 Å². The number of hydrogen-bond acceptors (Lipinski definition) is 3. The summed E-state index contributed by atoms with van der Waals surface area (Å²) in [5.74, 6) is -0.684. The highest BCUT2D eigenvalue weighted by atomic mass is 19.1. The van der Waals surface area contributed by atoms with Crippen molar-refractivity contribution < 1.29 is 9.18 Å². The van der Waals surface area contributed by atoms with Gasteiger partial charge in [-0.05, 0) is 18.2 Å². The van der Waals surface area contributed by atoms with E-state index < -0.39 is 5.82 Å². The minimum atomic E-state index is -0.450. The molecule has 0 saturated heterocycles. The Morgan fingerprint density at radius 3 is 2.60 bits per heavy atom. The van der Waals surface area contributed by atoms with Crippen LogP contribution in [0.4, 0.5) is 15.8 Å². The Balaban J connectivity index is 1.92. The van der Waals surface area contributed by atoms with Crippen LogP contribution < -0.4 is 16.5 Å². The summed E-state index contributed by atoms with van der Waals surface area (Å²) in [6.45, 7) is 0.438. The van der Waals surface area contributed by atoms with Crippen molar-refractivity contribution in [3.63, 3.8) is 0 Å². The highest BCUT2D eigenvalue weighted by Gasteiger charge is 2.06. The van der Waals surface area contributed by atoms with Crippen molar-refractivity contribution in [2.24, 2.45) is 0 Å². The zero-order valence-electron chi connectivity index (χ0n) is 10.7. The van der Waals surface area contributed by atoms with Crippen LogP contribution in [0.5, 0.6) is 0 Å². The minimum Gasteiger partial charge on any atom is -0.397 e. The van der Waals surface area contributed by atoms with Gasteiger partial charge in [-0.1, -0.05) is 0 Å². The van der Waals surface area contributed by atoms with Gasteiger partial charge in [0.2, 0.25) is 5.91 Å². The summed E-state index contributed by atoms with van der Waals surface area (Å²) in [4.78, 5) is 22.7. The molecule has 1 aromatic carbocycles. The van der Waals surface area contributed by atoms with Gasteiger partial charge in [0.1, 0.15) is 5.82 Å². The molecule has 1 heterocycles. The molecule has 0 atom stereocenters. The molecule has 0 saturated carbocycles. The van der Waals surface area contributed by atoms with Crippen molar-refractivity contribution in [2.45, 2.75) is 13.0 Å². The maximum atomic E-state index is 12.9. The molecule has 1 aromatic heterocycles. The molecule has 0 fully saturated rings. The molecule has 2 rings (SSSR count). The Morgan fingerprint density at radius 1 is 1.25 bits per heavy atom. The number of aromatic nitrogens is 1. The number of nitrogen functional groups attached to an aromatic ring is 1. The van der Waals surface area contributed by atoms with Gasteiger partial charge in [0.05, 0.1) is 11.4 Å². The number of carbonyl (C=O) groups is 1. The molecular formula is C14H14FN3O2. The second-order valence-electron chi connectivity index (χ2n) is 4.30. The average Bonchev–Trinajstić information content (AvgIpc) is 2.41. The number of pyridine rings is 1. The first-order valence-electron chi connectivity index (χ1n) is 6.05. The Hall–Kier alpha value is -2.63. The van der Waals surface area contributed by atoms with Gasteiger partial charge in [-0.15, -0.1) is 0 Å². The van der Waals surface area contributed by atoms with Gasteiger partial charge >= 0.3 is 0 Å². The summed E-state index contributed by atoms with van der Waals surface area (Å²) in [5, 5.41) is 2.61.